The van der Waals surface area contributed by atoms with Crippen molar-refractivity contribution in [2.45, 2.75) is 45.6 Å². The van der Waals surface area contributed by atoms with Gasteiger partial charge < -0.3 is 10.5 Å². The molecule has 0 fully saturated rings. The molecule has 0 saturated carbocycles. The lowest BCUT2D eigenvalue weighted by molar-refractivity contribution is 0.0622. The molecule has 19 heavy (non-hydrogen) atoms. The van der Waals surface area contributed by atoms with E-state index < -0.39 is 5.60 Å². The van der Waals surface area contributed by atoms with Crippen molar-refractivity contribution in [3.8, 4) is 5.75 Å². The van der Waals surface area contributed by atoms with Gasteiger partial charge in [0.25, 0.3) is 0 Å². The number of Topliss-reactive ketones (excluding diaryl/α,β-unsaturated/α-hetero) is 2. The number of nitrogens with two attached hydrogens (primary N) is 1. The summed E-state index contributed by atoms with van der Waals surface area (Å²) < 4.78 is 5.75. The third kappa shape index (κ3) is 2.48. The zero-order valence-corrected chi connectivity index (χ0v) is 11.6. The summed E-state index contributed by atoms with van der Waals surface area (Å²) in [5, 5.41) is 0. The number of hydrogen-bond acceptors (Lipinski definition) is 4. The first-order valence-corrected chi connectivity index (χ1v) is 6.53. The van der Waals surface area contributed by atoms with Crippen molar-refractivity contribution in [1.82, 2.24) is 0 Å². The summed E-state index contributed by atoms with van der Waals surface area (Å²) in [4.78, 5) is 24.1. The minimum Gasteiger partial charge on any atom is -0.487 e. The normalized spacial score (nSPS) is 16.7. The van der Waals surface area contributed by atoms with Crippen LogP contribution < -0.4 is 10.5 Å². The Hall–Kier alpha value is -1.84. The Labute approximate surface area is 112 Å². The van der Waals surface area contributed by atoms with E-state index in [0.29, 0.717) is 23.3 Å². The number of fused-ring (bicyclic) bond motifs is 1. The zero-order valence-electron chi connectivity index (χ0n) is 11.6. The average Bonchev–Trinajstić information content (AvgIpc) is 2.26. The number of rotatable bonds is 3. The molecule has 0 unspecified atom stereocenters. The standard InChI is InChI=1S/C15H19NO3/c1-4-5-10(17)9-6-7-12-13(14(9)16)11(18)8-15(2,3)19-12/h6-7H,4-5,8,16H2,1-3H3. The Balaban J connectivity index is 2.49. The monoisotopic (exact) mass is 261 g/mol. The number of ketones is 2. The molecule has 1 aliphatic heterocycles. The predicted molar refractivity (Wildman–Crippen MR) is 73.7 cm³/mol. The van der Waals surface area contributed by atoms with Gasteiger partial charge in [0.15, 0.2) is 11.6 Å². The third-order valence-electron chi connectivity index (χ3n) is 3.24. The molecule has 1 aliphatic rings. The van der Waals surface area contributed by atoms with Crippen molar-refractivity contribution in [2.24, 2.45) is 0 Å². The lowest BCUT2D eigenvalue weighted by Crippen LogP contribution is -2.36. The Bertz CT molecular complexity index is 547. The molecule has 2 N–H and O–H groups in total. The van der Waals surface area contributed by atoms with Crippen molar-refractivity contribution < 1.29 is 14.3 Å². The van der Waals surface area contributed by atoms with Crippen LogP contribution in [0.5, 0.6) is 5.75 Å². The van der Waals surface area contributed by atoms with Crippen LogP contribution in [0.4, 0.5) is 5.69 Å². The van der Waals surface area contributed by atoms with E-state index in [4.69, 9.17) is 10.5 Å². The quantitative estimate of drug-likeness (QED) is 0.670. The number of anilines is 1. The van der Waals surface area contributed by atoms with Gasteiger partial charge in [-0.15, -0.1) is 0 Å². The van der Waals surface area contributed by atoms with Crippen LogP contribution in [-0.4, -0.2) is 17.2 Å². The largest absolute Gasteiger partial charge is 0.487 e. The zero-order chi connectivity index (χ0) is 14.2. The van der Waals surface area contributed by atoms with E-state index in [1.807, 2.05) is 20.8 Å². The molecule has 0 saturated heterocycles. The lowest BCUT2D eigenvalue weighted by Gasteiger charge is -2.32. The van der Waals surface area contributed by atoms with Crippen LogP contribution in [0.25, 0.3) is 0 Å². The van der Waals surface area contributed by atoms with Gasteiger partial charge in [0.2, 0.25) is 0 Å². The summed E-state index contributed by atoms with van der Waals surface area (Å²) in [6.45, 7) is 5.66. The third-order valence-corrected chi connectivity index (χ3v) is 3.24. The minimum absolute atomic E-state index is 0.0274. The highest BCUT2D eigenvalue weighted by Gasteiger charge is 2.34. The molecule has 4 heteroatoms. The molecular weight excluding hydrogens is 242 g/mol. The first-order valence-electron chi connectivity index (χ1n) is 6.53. The summed E-state index contributed by atoms with van der Waals surface area (Å²) in [5.41, 5.74) is 6.52. The van der Waals surface area contributed by atoms with Crippen LogP contribution >= 0.6 is 0 Å². The SMILES string of the molecule is CCCC(=O)c1ccc2c(c1N)C(=O)CC(C)(C)O2. The second kappa shape index (κ2) is 4.68. The maximum atomic E-state index is 12.2. The van der Waals surface area contributed by atoms with E-state index in [1.165, 1.54) is 0 Å². The molecule has 0 amide bonds. The summed E-state index contributed by atoms with van der Waals surface area (Å²) >= 11 is 0. The van der Waals surface area contributed by atoms with Gasteiger partial charge >= 0.3 is 0 Å². The topological polar surface area (TPSA) is 69.4 Å². The molecule has 1 aromatic carbocycles. The van der Waals surface area contributed by atoms with E-state index in [0.717, 1.165) is 6.42 Å². The maximum Gasteiger partial charge on any atom is 0.172 e. The molecule has 0 aromatic heterocycles. The molecule has 0 spiro atoms. The molecule has 0 atom stereocenters. The van der Waals surface area contributed by atoms with Crippen molar-refractivity contribution >= 4 is 17.3 Å². The van der Waals surface area contributed by atoms with E-state index in [2.05, 4.69) is 0 Å². The van der Waals surface area contributed by atoms with E-state index in [-0.39, 0.29) is 23.7 Å². The Kier molecular flexibility index (Phi) is 3.35. The van der Waals surface area contributed by atoms with Gasteiger partial charge in [0.1, 0.15) is 11.4 Å². The van der Waals surface area contributed by atoms with E-state index in [1.54, 1.807) is 12.1 Å². The van der Waals surface area contributed by atoms with Gasteiger partial charge in [-0.05, 0) is 32.4 Å². The number of nitrogen functional groups attached to an aromatic ring is 1. The van der Waals surface area contributed by atoms with E-state index in [9.17, 15) is 9.59 Å². The molecule has 4 nitrogen and oxygen atoms in total. The van der Waals surface area contributed by atoms with Crippen LogP contribution in [-0.2, 0) is 0 Å². The second-order valence-corrected chi connectivity index (χ2v) is 5.53. The van der Waals surface area contributed by atoms with E-state index >= 15 is 0 Å². The molecule has 102 valence electrons. The first kappa shape index (κ1) is 13.6. The van der Waals surface area contributed by atoms with Crippen LogP contribution in [0.1, 0.15) is 60.7 Å². The number of carbonyl (C=O) groups is 2. The second-order valence-electron chi connectivity index (χ2n) is 5.53. The molecule has 0 bridgehead atoms. The molecular formula is C15H19NO3. The van der Waals surface area contributed by atoms with Gasteiger partial charge in [0, 0.05) is 12.0 Å². The Morgan fingerprint density at radius 2 is 2.11 bits per heavy atom. The predicted octanol–water partition coefficient (Wildman–Crippen LogP) is 3.00. The average molecular weight is 261 g/mol. The van der Waals surface area contributed by atoms with Crippen LogP contribution in [0, 0.1) is 0 Å². The van der Waals surface area contributed by atoms with Gasteiger partial charge in [0.05, 0.1) is 17.7 Å². The molecule has 2 rings (SSSR count). The van der Waals surface area contributed by atoms with Gasteiger partial charge in [-0.25, -0.2) is 0 Å². The van der Waals surface area contributed by atoms with Crippen LogP contribution in [0.15, 0.2) is 12.1 Å². The minimum atomic E-state index is -0.522. The van der Waals surface area contributed by atoms with Crippen LogP contribution in [0.3, 0.4) is 0 Å². The van der Waals surface area contributed by atoms with Gasteiger partial charge in [-0.1, -0.05) is 6.92 Å². The molecule has 0 radical (unpaired) electrons. The molecule has 0 aliphatic carbocycles. The van der Waals surface area contributed by atoms with Gasteiger partial charge in [-0.2, -0.15) is 0 Å². The maximum absolute atomic E-state index is 12.2. The van der Waals surface area contributed by atoms with Crippen molar-refractivity contribution in [2.75, 3.05) is 5.73 Å². The number of carbonyl (C=O) groups excluding carboxylic acids is 2. The molecule has 1 aromatic rings. The molecule has 1 heterocycles. The number of ether oxygens (including phenoxy) is 1. The van der Waals surface area contributed by atoms with Crippen LogP contribution in [0.2, 0.25) is 0 Å². The summed E-state index contributed by atoms with van der Waals surface area (Å²) in [7, 11) is 0. The summed E-state index contributed by atoms with van der Waals surface area (Å²) in [5.74, 6) is 0.391. The number of hydrogen-bond donors (Lipinski definition) is 1. The summed E-state index contributed by atoms with van der Waals surface area (Å²) in [6, 6.07) is 3.33. The fourth-order valence-electron chi connectivity index (χ4n) is 2.39. The highest BCUT2D eigenvalue weighted by molar-refractivity contribution is 6.11. The smallest absolute Gasteiger partial charge is 0.172 e. The highest BCUT2D eigenvalue weighted by Crippen LogP contribution is 2.38. The Morgan fingerprint density at radius 1 is 1.42 bits per heavy atom. The highest BCUT2D eigenvalue weighted by atomic mass is 16.5. The van der Waals surface area contributed by atoms with Crippen molar-refractivity contribution in [3.05, 3.63) is 23.3 Å². The van der Waals surface area contributed by atoms with Gasteiger partial charge in [-0.3, -0.25) is 9.59 Å². The van der Waals surface area contributed by atoms with Crippen molar-refractivity contribution in [1.29, 1.82) is 0 Å². The first-order chi connectivity index (χ1) is 8.85. The lowest BCUT2D eigenvalue weighted by atomic mass is 9.90. The fraction of sp³-hybridized carbons (Fsp3) is 0.467. The summed E-state index contributed by atoms with van der Waals surface area (Å²) in [6.07, 6.45) is 1.46. The fourth-order valence-corrected chi connectivity index (χ4v) is 2.39. The van der Waals surface area contributed by atoms with Crippen molar-refractivity contribution in [3.63, 3.8) is 0 Å². The Morgan fingerprint density at radius 3 is 2.74 bits per heavy atom. The number of benzene rings is 1.